The van der Waals surface area contributed by atoms with E-state index in [0.29, 0.717) is 0 Å². The lowest BCUT2D eigenvalue weighted by Gasteiger charge is -2.32. The van der Waals surface area contributed by atoms with Crippen LogP contribution in [0.2, 0.25) is 5.02 Å². The molecule has 1 aliphatic heterocycles. The molecule has 20 heavy (non-hydrogen) atoms. The van der Waals surface area contributed by atoms with E-state index in [1.165, 1.54) is 11.3 Å². The molecule has 2 N–H and O–H groups in total. The van der Waals surface area contributed by atoms with Gasteiger partial charge in [0.2, 0.25) is 0 Å². The molecule has 4 heteroatoms. The smallest absolute Gasteiger partial charge is 0.0467 e. The van der Waals surface area contributed by atoms with Gasteiger partial charge < -0.3 is 10.6 Å². The van der Waals surface area contributed by atoms with Gasteiger partial charge in [-0.2, -0.15) is 0 Å². The van der Waals surface area contributed by atoms with Gasteiger partial charge in [0.05, 0.1) is 0 Å². The van der Waals surface area contributed by atoms with Gasteiger partial charge in [-0.05, 0) is 48.2 Å². The predicted molar refractivity (Wildman–Crippen MR) is 89.4 cm³/mol. The van der Waals surface area contributed by atoms with Crippen molar-refractivity contribution in [2.24, 2.45) is 0 Å². The fraction of sp³-hybridized carbons (Fsp3) is 0.250. The molecular formula is C16H16BrClN2. The maximum atomic E-state index is 6.33. The Labute approximate surface area is 132 Å². The largest absolute Gasteiger partial charge is 0.398 e. The number of nitrogen functional groups attached to an aromatic ring is 1. The van der Waals surface area contributed by atoms with Crippen LogP contribution >= 0.6 is 27.5 Å². The van der Waals surface area contributed by atoms with Gasteiger partial charge in [0.25, 0.3) is 0 Å². The Hall–Kier alpha value is -1.19. The Morgan fingerprint density at radius 3 is 2.90 bits per heavy atom. The molecule has 0 saturated carbocycles. The van der Waals surface area contributed by atoms with E-state index in [1.807, 2.05) is 24.3 Å². The third kappa shape index (κ3) is 2.65. The maximum absolute atomic E-state index is 6.33. The van der Waals surface area contributed by atoms with Gasteiger partial charge in [0.15, 0.2) is 0 Å². The first kappa shape index (κ1) is 13.8. The van der Waals surface area contributed by atoms with Crippen LogP contribution in [0.15, 0.2) is 40.9 Å². The molecule has 0 atom stereocenters. The van der Waals surface area contributed by atoms with Crippen molar-refractivity contribution in [1.29, 1.82) is 0 Å². The van der Waals surface area contributed by atoms with Crippen molar-refractivity contribution < 1.29 is 0 Å². The highest BCUT2D eigenvalue weighted by atomic mass is 79.9. The Kier molecular flexibility index (Phi) is 3.90. The molecule has 2 aromatic carbocycles. The summed E-state index contributed by atoms with van der Waals surface area (Å²) >= 11 is 9.77. The van der Waals surface area contributed by atoms with Gasteiger partial charge in [-0.1, -0.05) is 39.7 Å². The molecule has 2 nitrogen and oxygen atoms in total. The van der Waals surface area contributed by atoms with Gasteiger partial charge in [0.1, 0.15) is 0 Å². The third-order valence-corrected chi connectivity index (χ3v) is 4.60. The van der Waals surface area contributed by atoms with Crippen molar-refractivity contribution >= 4 is 38.9 Å². The van der Waals surface area contributed by atoms with Gasteiger partial charge in [-0.3, -0.25) is 0 Å². The van der Waals surface area contributed by atoms with Crippen molar-refractivity contribution in [1.82, 2.24) is 0 Å². The predicted octanol–water partition coefficient (Wildman–Crippen LogP) is 4.64. The maximum Gasteiger partial charge on any atom is 0.0467 e. The van der Waals surface area contributed by atoms with E-state index in [2.05, 4.69) is 33.0 Å². The normalized spacial score (nSPS) is 14.2. The fourth-order valence-electron chi connectivity index (χ4n) is 2.75. The Bertz CT molecular complexity index is 642. The first-order valence-corrected chi connectivity index (χ1v) is 7.88. The van der Waals surface area contributed by atoms with E-state index >= 15 is 0 Å². The fourth-order valence-corrected chi connectivity index (χ4v) is 3.48. The zero-order valence-electron chi connectivity index (χ0n) is 11.1. The second-order valence-electron chi connectivity index (χ2n) is 5.11. The van der Waals surface area contributed by atoms with Gasteiger partial charge >= 0.3 is 0 Å². The summed E-state index contributed by atoms with van der Waals surface area (Å²) in [7, 11) is 0. The molecule has 0 fully saturated rings. The minimum Gasteiger partial charge on any atom is -0.398 e. The third-order valence-electron chi connectivity index (χ3n) is 3.76. The van der Waals surface area contributed by atoms with Gasteiger partial charge in [0, 0.05) is 34.0 Å². The number of hydrogen-bond acceptors (Lipinski definition) is 2. The van der Waals surface area contributed by atoms with E-state index in [-0.39, 0.29) is 0 Å². The van der Waals surface area contributed by atoms with Crippen molar-refractivity contribution in [2.45, 2.75) is 19.4 Å². The minimum absolute atomic E-state index is 0.801. The zero-order chi connectivity index (χ0) is 14.1. The summed E-state index contributed by atoms with van der Waals surface area (Å²) in [4.78, 5) is 2.37. The molecule has 0 aliphatic carbocycles. The van der Waals surface area contributed by atoms with Crippen LogP contribution in [0.3, 0.4) is 0 Å². The average Bonchev–Trinajstić information content (AvgIpc) is 2.43. The number of fused-ring (bicyclic) bond motifs is 1. The standard InChI is InChI=1S/C16H16BrClN2/c17-12-7-6-11(14(18)9-12)10-20-8-2-3-13-15(19)4-1-5-16(13)20/h1,4-7,9H,2-3,8,10,19H2. The van der Waals surface area contributed by atoms with Crippen LogP contribution in [0.1, 0.15) is 17.5 Å². The van der Waals surface area contributed by atoms with Crippen LogP contribution in [-0.4, -0.2) is 6.54 Å². The highest BCUT2D eigenvalue weighted by Crippen LogP contribution is 2.33. The molecular weight excluding hydrogens is 336 g/mol. The van der Waals surface area contributed by atoms with E-state index < -0.39 is 0 Å². The summed E-state index contributed by atoms with van der Waals surface area (Å²) in [6.45, 7) is 1.87. The number of anilines is 2. The summed E-state index contributed by atoms with van der Waals surface area (Å²) in [5.41, 5.74) is 10.6. The lowest BCUT2D eigenvalue weighted by Crippen LogP contribution is -2.29. The summed E-state index contributed by atoms with van der Waals surface area (Å²) in [5, 5.41) is 0.801. The second kappa shape index (κ2) is 5.66. The SMILES string of the molecule is Nc1cccc2c1CCCN2Cc1ccc(Br)cc1Cl. The Morgan fingerprint density at radius 2 is 2.10 bits per heavy atom. The molecule has 0 unspecified atom stereocenters. The minimum atomic E-state index is 0.801. The summed E-state index contributed by atoms with van der Waals surface area (Å²) < 4.78 is 1.01. The molecule has 0 saturated heterocycles. The Balaban J connectivity index is 1.91. The lowest BCUT2D eigenvalue weighted by molar-refractivity contribution is 0.692. The molecule has 0 bridgehead atoms. The zero-order valence-corrected chi connectivity index (χ0v) is 13.4. The number of nitrogens with zero attached hydrogens (tertiary/aromatic N) is 1. The number of benzene rings is 2. The van der Waals surface area contributed by atoms with Crippen LogP contribution < -0.4 is 10.6 Å². The van der Waals surface area contributed by atoms with Crippen molar-refractivity contribution in [3.63, 3.8) is 0 Å². The highest BCUT2D eigenvalue weighted by molar-refractivity contribution is 9.10. The van der Waals surface area contributed by atoms with Crippen LogP contribution in [-0.2, 0) is 13.0 Å². The number of hydrogen-bond donors (Lipinski definition) is 1. The molecule has 0 spiro atoms. The molecule has 0 radical (unpaired) electrons. The summed E-state index contributed by atoms with van der Waals surface area (Å²) in [5.74, 6) is 0. The molecule has 1 aliphatic rings. The van der Waals surface area contributed by atoms with Gasteiger partial charge in [-0.15, -0.1) is 0 Å². The van der Waals surface area contributed by atoms with E-state index in [9.17, 15) is 0 Å². The van der Waals surface area contributed by atoms with Crippen LogP contribution in [0.4, 0.5) is 11.4 Å². The average molecular weight is 352 g/mol. The molecule has 0 amide bonds. The first-order valence-electron chi connectivity index (χ1n) is 6.71. The highest BCUT2D eigenvalue weighted by Gasteiger charge is 2.19. The quantitative estimate of drug-likeness (QED) is 0.799. The van der Waals surface area contributed by atoms with Crippen LogP contribution in [0, 0.1) is 0 Å². The molecule has 0 aromatic heterocycles. The molecule has 3 rings (SSSR count). The topological polar surface area (TPSA) is 29.3 Å². The molecule has 104 valence electrons. The molecule has 2 aromatic rings. The summed E-state index contributed by atoms with van der Waals surface area (Å²) in [6.07, 6.45) is 2.20. The summed E-state index contributed by atoms with van der Waals surface area (Å²) in [6, 6.07) is 12.2. The second-order valence-corrected chi connectivity index (χ2v) is 6.43. The Morgan fingerprint density at radius 1 is 1.25 bits per heavy atom. The monoisotopic (exact) mass is 350 g/mol. The number of halogens is 2. The van der Waals surface area contributed by atoms with E-state index in [4.69, 9.17) is 17.3 Å². The van der Waals surface area contributed by atoms with Crippen LogP contribution in [0.25, 0.3) is 0 Å². The number of rotatable bonds is 2. The van der Waals surface area contributed by atoms with Crippen molar-refractivity contribution in [2.75, 3.05) is 17.2 Å². The van der Waals surface area contributed by atoms with Gasteiger partial charge in [-0.25, -0.2) is 0 Å². The van der Waals surface area contributed by atoms with Crippen LogP contribution in [0.5, 0.6) is 0 Å². The van der Waals surface area contributed by atoms with Crippen molar-refractivity contribution in [3.05, 3.63) is 57.0 Å². The first-order chi connectivity index (χ1) is 9.65. The van der Waals surface area contributed by atoms with E-state index in [0.717, 1.165) is 46.7 Å². The number of nitrogens with two attached hydrogens (primary N) is 1. The van der Waals surface area contributed by atoms with E-state index in [1.54, 1.807) is 0 Å². The lowest BCUT2D eigenvalue weighted by atomic mass is 9.99. The molecule has 1 heterocycles. The van der Waals surface area contributed by atoms with Crippen molar-refractivity contribution in [3.8, 4) is 0 Å².